The largest absolute Gasteiger partial charge is 0.309 e. The van der Waals surface area contributed by atoms with Crippen molar-refractivity contribution in [3.63, 3.8) is 0 Å². The van der Waals surface area contributed by atoms with Crippen LogP contribution in [0.1, 0.15) is 13.3 Å². The average molecular weight is 162 g/mol. The van der Waals surface area contributed by atoms with Gasteiger partial charge in [0.05, 0.1) is 0 Å². The summed E-state index contributed by atoms with van der Waals surface area (Å²) in [5, 5.41) is 0. The van der Waals surface area contributed by atoms with Crippen LogP contribution in [0.3, 0.4) is 0 Å². The maximum Gasteiger partial charge on any atom is 0.00706 e. The minimum atomic E-state index is 1.12. The van der Waals surface area contributed by atoms with Gasteiger partial charge in [-0.15, -0.1) is 0 Å². The van der Waals surface area contributed by atoms with Gasteiger partial charge in [0, 0.05) is 12.3 Å². The molecule has 2 nitrogen and oxygen atoms in total. The summed E-state index contributed by atoms with van der Waals surface area (Å²) in [5.74, 6) is 1.15. The Bertz CT molecular complexity index is 66.6. The Labute approximate surface area is 68.5 Å². The van der Waals surface area contributed by atoms with Crippen LogP contribution in [-0.4, -0.2) is 37.8 Å². The first-order valence-corrected chi connectivity index (χ1v) is 4.75. The Morgan fingerprint density at radius 3 is 2.60 bits per heavy atom. The molecule has 0 fully saturated rings. The summed E-state index contributed by atoms with van der Waals surface area (Å²) in [6.07, 6.45) is 1.24. The lowest BCUT2D eigenvalue weighted by molar-refractivity contribution is 0.401. The SMILES string of the molecule is CCSNCCCN(C)C. The molecule has 0 heterocycles. The van der Waals surface area contributed by atoms with E-state index >= 15 is 0 Å². The van der Waals surface area contributed by atoms with Gasteiger partial charge in [0.15, 0.2) is 0 Å². The predicted octanol–water partition coefficient (Wildman–Crippen LogP) is 1.20. The van der Waals surface area contributed by atoms with Crippen molar-refractivity contribution in [2.75, 3.05) is 32.9 Å². The standard InChI is InChI=1S/C7H18N2S/c1-4-10-8-6-5-7-9(2)3/h8H,4-7H2,1-3H3. The van der Waals surface area contributed by atoms with Crippen LogP contribution in [0, 0.1) is 0 Å². The second kappa shape index (κ2) is 7.38. The molecule has 1 N–H and O–H groups in total. The first-order chi connectivity index (χ1) is 4.77. The first-order valence-electron chi connectivity index (χ1n) is 3.76. The molecule has 62 valence electrons. The smallest absolute Gasteiger partial charge is 0.00706 e. The quantitative estimate of drug-likeness (QED) is 0.466. The zero-order valence-electron chi connectivity index (χ0n) is 7.18. The zero-order valence-corrected chi connectivity index (χ0v) is 8.00. The molecule has 0 spiro atoms. The molecule has 0 saturated carbocycles. The molecule has 0 atom stereocenters. The molecular formula is C7H18N2S. The minimum Gasteiger partial charge on any atom is -0.309 e. The van der Waals surface area contributed by atoms with Gasteiger partial charge in [-0.25, -0.2) is 0 Å². The molecule has 0 bridgehead atoms. The molecule has 0 aromatic heterocycles. The second-order valence-corrected chi connectivity index (χ2v) is 3.64. The normalized spacial score (nSPS) is 10.8. The third-order valence-corrected chi connectivity index (χ3v) is 1.83. The molecule has 3 heteroatoms. The first kappa shape index (κ1) is 10.3. The summed E-state index contributed by atoms with van der Waals surface area (Å²) in [6.45, 7) is 4.46. The van der Waals surface area contributed by atoms with Crippen molar-refractivity contribution in [3.8, 4) is 0 Å². The van der Waals surface area contributed by atoms with Gasteiger partial charge in [-0.2, -0.15) is 0 Å². The molecule has 0 amide bonds. The van der Waals surface area contributed by atoms with E-state index in [1.165, 1.54) is 13.0 Å². The lowest BCUT2D eigenvalue weighted by atomic mass is 10.4. The highest BCUT2D eigenvalue weighted by atomic mass is 32.2. The molecule has 0 aromatic rings. The molecule has 0 unspecified atom stereocenters. The van der Waals surface area contributed by atoms with Gasteiger partial charge >= 0.3 is 0 Å². The van der Waals surface area contributed by atoms with E-state index < -0.39 is 0 Å². The van der Waals surface area contributed by atoms with Crippen molar-refractivity contribution < 1.29 is 0 Å². The second-order valence-electron chi connectivity index (χ2n) is 2.48. The summed E-state index contributed by atoms with van der Waals surface area (Å²) in [6, 6.07) is 0. The number of nitrogens with zero attached hydrogens (tertiary/aromatic N) is 1. The Kier molecular flexibility index (Phi) is 7.58. The van der Waals surface area contributed by atoms with Crippen molar-refractivity contribution in [2.24, 2.45) is 0 Å². The summed E-state index contributed by atoms with van der Waals surface area (Å²) in [4.78, 5) is 2.21. The molecular weight excluding hydrogens is 144 g/mol. The molecule has 0 aliphatic heterocycles. The Morgan fingerprint density at radius 2 is 2.10 bits per heavy atom. The molecule has 10 heavy (non-hydrogen) atoms. The maximum absolute atomic E-state index is 3.28. The molecule has 0 radical (unpaired) electrons. The van der Waals surface area contributed by atoms with Crippen molar-refractivity contribution in [2.45, 2.75) is 13.3 Å². The van der Waals surface area contributed by atoms with Gasteiger partial charge in [-0.1, -0.05) is 18.9 Å². The summed E-state index contributed by atoms with van der Waals surface area (Å²) < 4.78 is 3.28. The number of hydrogen-bond donors (Lipinski definition) is 1. The molecule has 0 rings (SSSR count). The van der Waals surface area contributed by atoms with E-state index in [2.05, 4.69) is 30.6 Å². The fourth-order valence-electron chi connectivity index (χ4n) is 0.642. The summed E-state index contributed by atoms with van der Waals surface area (Å²) in [5.41, 5.74) is 0. The van der Waals surface area contributed by atoms with E-state index in [0.717, 1.165) is 12.3 Å². The fraction of sp³-hybridized carbons (Fsp3) is 1.00. The van der Waals surface area contributed by atoms with Crippen molar-refractivity contribution in [3.05, 3.63) is 0 Å². The zero-order chi connectivity index (χ0) is 7.82. The highest BCUT2D eigenvalue weighted by Crippen LogP contribution is 1.90. The van der Waals surface area contributed by atoms with Crippen LogP contribution in [0.2, 0.25) is 0 Å². The van der Waals surface area contributed by atoms with Crippen molar-refractivity contribution in [1.82, 2.24) is 9.62 Å². The van der Waals surface area contributed by atoms with Crippen LogP contribution in [0.5, 0.6) is 0 Å². The van der Waals surface area contributed by atoms with Crippen molar-refractivity contribution >= 4 is 11.9 Å². The van der Waals surface area contributed by atoms with E-state index in [1.807, 2.05) is 0 Å². The monoisotopic (exact) mass is 162 g/mol. The van der Waals surface area contributed by atoms with Crippen molar-refractivity contribution in [1.29, 1.82) is 0 Å². The van der Waals surface area contributed by atoms with Gasteiger partial charge in [0.1, 0.15) is 0 Å². The van der Waals surface area contributed by atoms with E-state index in [4.69, 9.17) is 0 Å². The molecule has 0 saturated heterocycles. The van der Waals surface area contributed by atoms with Gasteiger partial charge in [-0.05, 0) is 27.1 Å². The number of hydrogen-bond acceptors (Lipinski definition) is 3. The van der Waals surface area contributed by atoms with Gasteiger partial charge in [0.25, 0.3) is 0 Å². The summed E-state index contributed by atoms with van der Waals surface area (Å²) >= 11 is 1.79. The average Bonchev–Trinajstić information content (AvgIpc) is 1.87. The molecule has 0 aliphatic carbocycles. The van der Waals surface area contributed by atoms with E-state index in [1.54, 1.807) is 11.9 Å². The Hall–Kier alpha value is 0.270. The highest BCUT2D eigenvalue weighted by molar-refractivity contribution is 7.97. The molecule has 0 aliphatic rings. The van der Waals surface area contributed by atoms with Gasteiger partial charge in [0.2, 0.25) is 0 Å². The van der Waals surface area contributed by atoms with E-state index in [9.17, 15) is 0 Å². The Balaban J connectivity index is 2.77. The van der Waals surface area contributed by atoms with Crippen LogP contribution in [-0.2, 0) is 0 Å². The highest BCUT2D eigenvalue weighted by Gasteiger charge is 1.88. The van der Waals surface area contributed by atoms with E-state index in [-0.39, 0.29) is 0 Å². The minimum absolute atomic E-state index is 1.12. The third-order valence-electron chi connectivity index (χ3n) is 1.13. The summed E-state index contributed by atoms with van der Waals surface area (Å²) in [7, 11) is 4.21. The van der Waals surface area contributed by atoms with Gasteiger partial charge in [-0.3, -0.25) is 4.72 Å². The lowest BCUT2D eigenvalue weighted by Gasteiger charge is -2.08. The van der Waals surface area contributed by atoms with E-state index in [0.29, 0.717) is 0 Å². The fourth-order valence-corrected chi connectivity index (χ4v) is 1.13. The topological polar surface area (TPSA) is 15.3 Å². The predicted molar refractivity (Wildman–Crippen MR) is 49.3 cm³/mol. The van der Waals surface area contributed by atoms with Crippen LogP contribution in [0.15, 0.2) is 0 Å². The van der Waals surface area contributed by atoms with Crippen LogP contribution >= 0.6 is 11.9 Å². The van der Waals surface area contributed by atoms with Crippen LogP contribution < -0.4 is 4.72 Å². The Morgan fingerprint density at radius 1 is 1.40 bits per heavy atom. The number of nitrogens with one attached hydrogen (secondary N) is 1. The maximum atomic E-state index is 3.28. The van der Waals surface area contributed by atoms with Crippen LogP contribution in [0.4, 0.5) is 0 Å². The number of rotatable bonds is 6. The third kappa shape index (κ3) is 8.27. The lowest BCUT2D eigenvalue weighted by Crippen LogP contribution is -2.17. The van der Waals surface area contributed by atoms with Gasteiger partial charge < -0.3 is 4.90 Å². The molecule has 0 aromatic carbocycles. The van der Waals surface area contributed by atoms with Crippen LogP contribution in [0.25, 0.3) is 0 Å².